The van der Waals surface area contributed by atoms with Crippen LogP contribution in [-0.2, 0) is 10.5 Å². The number of phenols is 1. The van der Waals surface area contributed by atoms with Crippen molar-refractivity contribution in [2.24, 2.45) is 0 Å². The first-order valence-corrected chi connectivity index (χ1v) is 4.46. The Hall–Kier alpha value is -0.910. The van der Waals surface area contributed by atoms with E-state index in [1.54, 1.807) is 0 Å². The molecule has 0 amide bonds. The van der Waals surface area contributed by atoms with Crippen molar-refractivity contribution in [3.05, 3.63) is 24.3 Å². The quantitative estimate of drug-likeness (QED) is 0.475. The third-order valence-electron chi connectivity index (χ3n) is 1.19. The standard InChI is InChI=1S/C6H8O4S/c7-5-1-3-6(4-2-5)11(8,9)10/h1-4,7,11H,(H2,8,9,10). The van der Waals surface area contributed by atoms with Crippen molar-refractivity contribution in [1.82, 2.24) is 0 Å². The molecule has 0 radical (unpaired) electrons. The highest BCUT2D eigenvalue weighted by Crippen LogP contribution is 2.16. The highest BCUT2D eigenvalue weighted by Gasteiger charge is 2.06. The van der Waals surface area contributed by atoms with E-state index < -0.39 is 10.5 Å². The Bertz CT molecular complexity index is 286. The molecular weight excluding hydrogens is 168 g/mol. The van der Waals surface area contributed by atoms with E-state index in [4.69, 9.17) is 14.2 Å². The number of benzene rings is 1. The van der Waals surface area contributed by atoms with Crippen molar-refractivity contribution in [1.29, 1.82) is 0 Å². The van der Waals surface area contributed by atoms with Crippen LogP contribution in [0.2, 0.25) is 0 Å². The van der Waals surface area contributed by atoms with E-state index in [1.165, 1.54) is 24.3 Å². The normalized spacial score (nSPS) is 12.9. The van der Waals surface area contributed by atoms with Crippen molar-refractivity contribution in [3.8, 4) is 5.75 Å². The number of thiol groups is 1. The lowest BCUT2D eigenvalue weighted by atomic mass is 10.3. The lowest BCUT2D eigenvalue weighted by Crippen LogP contribution is -2.07. The molecule has 1 aromatic rings. The zero-order valence-electron chi connectivity index (χ0n) is 5.51. The van der Waals surface area contributed by atoms with Gasteiger partial charge in [0, 0.05) is 0 Å². The molecule has 0 bridgehead atoms. The molecule has 0 aliphatic carbocycles. The van der Waals surface area contributed by atoms with Gasteiger partial charge >= 0.3 is 0 Å². The van der Waals surface area contributed by atoms with Gasteiger partial charge in [-0.2, -0.15) is 0 Å². The van der Waals surface area contributed by atoms with Gasteiger partial charge in [0.05, 0.1) is 15.4 Å². The molecular formula is C6H8O4S. The number of phenolic OH excluding ortho intramolecular Hbond substituents is 1. The third-order valence-corrected chi connectivity index (χ3v) is 2.16. The van der Waals surface area contributed by atoms with Crippen LogP contribution in [-0.4, -0.2) is 18.4 Å². The van der Waals surface area contributed by atoms with E-state index in [0.29, 0.717) is 0 Å². The molecule has 62 valence electrons. The number of hydrogen-bond donors (Lipinski definition) is 4. The average molecular weight is 176 g/mol. The molecule has 0 aliphatic rings. The van der Waals surface area contributed by atoms with Gasteiger partial charge < -0.3 is 14.2 Å². The first kappa shape index (κ1) is 8.19. The van der Waals surface area contributed by atoms with E-state index >= 15 is 0 Å². The number of aromatic hydroxyl groups is 1. The third kappa shape index (κ3) is 2.01. The maximum absolute atomic E-state index is 10.6. The first-order valence-electron chi connectivity index (χ1n) is 2.85. The van der Waals surface area contributed by atoms with E-state index in [-0.39, 0.29) is 10.6 Å². The summed E-state index contributed by atoms with van der Waals surface area (Å²) in [6.07, 6.45) is 0. The van der Waals surface area contributed by atoms with Crippen LogP contribution >= 0.6 is 0 Å². The van der Waals surface area contributed by atoms with Crippen molar-refractivity contribution >= 4 is 10.5 Å². The Balaban J connectivity index is 3.09. The second kappa shape index (κ2) is 2.61. The van der Waals surface area contributed by atoms with Crippen LogP contribution in [0, 0.1) is 0 Å². The molecule has 0 aliphatic heterocycles. The zero-order chi connectivity index (χ0) is 8.48. The average Bonchev–Trinajstić information content (AvgIpc) is 1.86. The van der Waals surface area contributed by atoms with Gasteiger partial charge in [0.15, 0.2) is 0 Å². The van der Waals surface area contributed by atoms with Gasteiger partial charge in [0.1, 0.15) is 5.75 Å². The maximum atomic E-state index is 10.6. The summed E-state index contributed by atoms with van der Waals surface area (Å²) in [5.41, 5.74) is 0. The fraction of sp³-hybridized carbons (Fsp3) is 0. The zero-order valence-corrected chi connectivity index (χ0v) is 6.40. The molecule has 0 aromatic heterocycles. The van der Waals surface area contributed by atoms with E-state index in [0.717, 1.165) is 0 Å². The lowest BCUT2D eigenvalue weighted by Gasteiger charge is -2.09. The molecule has 0 unspecified atom stereocenters. The van der Waals surface area contributed by atoms with Gasteiger partial charge in [-0.15, -0.1) is 0 Å². The largest absolute Gasteiger partial charge is 0.508 e. The summed E-state index contributed by atoms with van der Waals surface area (Å²) >= 11 is 0. The van der Waals surface area contributed by atoms with Crippen LogP contribution in [0.4, 0.5) is 0 Å². The minimum Gasteiger partial charge on any atom is -0.508 e. The van der Waals surface area contributed by atoms with Crippen molar-refractivity contribution < 1.29 is 18.4 Å². The Labute approximate surface area is 64.6 Å². The molecule has 0 saturated carbocycles. The minimum atomic E-state index is -4.15. The van der Waals surface area contributed by atoms with Gasteiger partial charge in [-0.1, -0.05) is 0 Å². The molecule has 0 fully saturated rings. The highest BCUT2D eigenvalue weighted by molar-refractivity contribution is 7.92. The summed E-state index contributed by atoms with van der Waals surface area (Å²) in [7, 11) is -4.15. The SMILES string of the molecule is O=[SH](O)(O)c1ccc(O)cc1. The van der Waals surface area contributed by atoms with Crippen LogP contribution in [0.5, 0.6) is 5.75 Å². The Morgan fingerprint density at radius 2 is 1.55 bits per heavy atom. The predicted octanol–water partition coefficient (Wildman–Crippen LogP) is 0.714. The van der Waals surface area contributed by atoms with E-state index in [1.807, 2.05) is 0 Å². The smallest absolute Gasteiger partial charge is 0.115 e. The Morgan fingerprint density at radius 1 is 1.09 bits per heavy atom. The van der Waals surface area contributed by atoms with Gasteiger partial charge in [-0.25, -0.2) is 4.21 Å². The van der Waals surface area contributed by atoms with Crippen LogP contribution < -0.4 is 0 Å². The van der Waals surface area contributed by atoms with E-state index in [2.05, 4.69) is 0 Å². The van der Waals surface area contributed by atoms with Crippen LogP contribution in [0.25, 0.3) is 0 Å². The number of rotatable bonds is 1. The van der Waals surface area contributed by atoms with Gasteiger partial charge in [-0.3, -0.25) is 0 Å². The van der Waals surface area contributed by atoms with Crippen LogP contribution in [0.3, 0.4) is 0 Å². The fourth-order valence-corrected chi connectivity index (χ4v) is 1.18. The summed E-state index contributed by atoms with van der Waals surface area (Å²) in [6, 6.07) is 4.84. The van der Waals surface area contributed by atoms with Gasteiger partial charge in [0.25, 0.3) is 0 Å². The summed E-state index contributed by atoms with van der Waals surface area (Å²) in [5, 5.41) is 8.77. The molecule has 11 heavy (non-hydrogen) atoms. The van der Waals surface area contributed by atoms with Gasteiger partial charge in [0.2, 0.25) is 0 Å². The molecule has 1 rings (SSSR count). The van der Waals surface area contributed by atoms with E-state index in [9.17, 15) is 4.21 Å². The van der Waals surface area contributed by atoms with Crippen LogP contribution in [0.1, 0.15) is 0 Å². The topological polar surface area (TPSA) is 77.8 Å². The molecule has 0 spiro atoms. The number of hydrogen-bond acceptors (Lipinski definition) is 2. The van der Waals surface area contributed by atoms with Crippen molar-refractivity contribution in [2.45, 2.75) is 4.90 Å². The summed E-state index contributed by atoms with van der Waals surface area (Å²) in [5.74, 6) is -0.0119. The molecule has 1 aromatic carbocycles. The molecule has 4 nitrogen and oxygen atoms in total. The first-order chi connectivity index (χ1) is 5.00. The Kier molecular flexibility index (Phi) is 1.95. The van der Waals surface area contributed by atoms with Crippen LogP contribution in [0.15, 0.2) is 29.2 Å². The van der Waals surface area contributed by atoms with Gasteiger partial charge in [-0.05, 0) is 24.3 Å². The predicted molar refractivity (Wildman–Crippen MR) is 41.2 cm³/mol. The summed E-state index contributed by atoms with van der Waals surface area (Å²) in [6.45, 7) is 0. The minimum absolute atomic E-state index is 0.0119. The highest BCUT2D eigenvalue weighted by atomic mass is 32.3. The second-order valence-corrected chi connectivity index (χ2v) is 3.66. The summed E-state index contributed by atoms with van der Waals surface area (Å²) < 4.78 is 27.8. The molecule has 0 atom stereocenters. The molecule has 0 heterocycles. The molecule has 3 N–H and O–H groups in total. The fourth-order valence-electron chi connectivity index (χ4n) is 0.647. The molecule has 0 saturated heterocycles. The van der Waals surface area contributed by atoms with Crippen molar-refractivity contribution in [2.75, 3.05) is 0 Å². The van der Waals surface area contributed by atoms with Crippen molar-refractivity contribution in [3.63, 3.8) is 0 Å². The molecule has 5 heteroatoms. The lowest BCUT2D eigenvalue weighted by molar-refractivity contribution is 0.423. The second-order valence-electron chi connectivity index (χ2n) is 2.06. The maximum Gasteiger partial charge on any atom is 0.115 e. The summed E-state index contributed by atoms with van der Waals surface area (Å²) in [4.78, 5) is -0.0877. The Morgan fingerprint density at radius 3 is 1.91 bits per heavy atom. The monoisotopic (exact) mass is 176 g/mol.